The molecule has 1 aliphatic heterocycles. The number of benzene rings is 1. The van der Waals surface area contributed by atoms with Gasteiger partial charge in [-0.25, -0.2) is 9.37 Å². The maximum Gasteiger partial charge on any atom is 0.272 e. The van der Waals surface area contributed by atoms with Crippen LogP contribution in [-0.2, 0) is 11.3 Å². The summed E-state index contributed by atoms with van der Waals surface area (Å²) in [5.41, 5.74) is 5.52. The van der Waals surface area contributed by atoms with Crippen molar-refractivity contribution in [1.29, 1.82) is 0 Å². The molecule has 1 aromatic heterocycles. The van der Waals surface area contributed by atoms with Crippen molar-refractivity contribution in [3.8, 4) is 5.75 Å². The smallest absolute Gasteiger partial charge is 0.272 e. The second-order valence-electron chi connectivity index (χ2n) is 5.69. The van der Waals surface area contributed by atoms with Gasteiger partial charge in [-0.15, -0.1) is 0 Å². The van der Waals surface area contributed by atoms with Crippen molar-refractivity contribution >= 4 is 17.5 Å². The zero-order chi connectivity index (χ0) is 15.9. The van der Waals surface area contributed by atoms with Crippen LogP contribution in [-0.4, -0.2) is 16.5 Å². The third-order valence-corrected chi connectivity index (χ3v) is 3.50. The minimum atomic E-state index is -0.995. The number of nitrogens with zero attached hydrogens (tertiary/aromatic N) is 2. The molecule has 2 aromatic rings. The third kappa shape index (κ3) is 2.47. The summed E-state index contributed by atoms with van der Waals surface area (Å²) in [4.78, 5) is 18.4. The summed E-state index contributed by atoms with van der Waals surface area (Å²) in [6.07, 6.45) is 0. The maximum atomic E-state index is 13.0. The number of anilines is 2. The quantitative estimate of drug-likeness (QED) is 0.925. The van der Waals surface area contributed by atoms with E-state index >= 15 is 0 Å². The molecule has 0 aliphatic carbocycles. The van der Waals surface area contributed by atoms with E-state index in [0.29, 0.717) is 17.4 Å². The van der Waals surface area contributed by atoms with Gasteiger partial charge in [0.15, 0.2) is 17.2 Å². The fourth-order valence-electron chi connectivity index (χ4n) is 2.38. The molecule has 6 heteroatoms. The Labute approximate surface area is 127 Å². The van der Waals surface area contributed by atoms with Gasteiger partial charge in [-0.2, -0.15) is 0 Å². The van der Waals surface area contributed by atoms with Gasteiger partial charge in [-0.3, -0.25) is 9.69 Å². The fraction of sp³-hybridized carbons (Fsp3) is 0.250. The molecule has 2 heterocycles. The van der Waals surface area contributed by atoms with E-state index in [1.165, 1.54) is 17.0 Å². The molecule has 3 rings (SSSR count). The number of aromatic nitrogens is 1. The van der Waals surface area contributed by atoms with Crippen LogP contribution in [0.1, 0.15) is 19.4 Å². The highest BCUT2D eigenvalue weighted by molar-refractivity contribution is 6.01. The van der Waals surface area contributed by atoms with Crippen LogP contribution in [0.15, 0.2) is 36.4 Å². The Balaban J connectivity index is 2.02. The molecule has 2 N–H and O–H groups in total. The number of nitrogens with two attached hydrogens (primary N) is 1. The number of fused-ring (bicyclic) bond motifs is 1. The first-order valence-electron chi connectivity index (χ1n) is 6.89. The number of rotatable bonds is 2. The Hall–Kier alpha value is -2.63. The summed E-state index contributed by atoms with van der Waals surface area (Å²) in [7, 11) is 0. The Bertz CT molecular complexity index is 729. The van der Waals surface area contributed by atoms with Crippen LogP contribution in [0.3, 0.4) is 0 Å². The van der Waals surface area contributed by atoms with Crippen LogP contribution in [0.25, 0.3) is 0 Å². The van der Waals surface area contributed by atoms with E-state index in [1.54, 1.807) is 38.1 Å². The Kier molecular flexibility index (Phi) is 3.24. The van der Waals surface area contributed by atoms with E-state index in [4.69, 9.17) is 10.5 Å². The molecule has 5 nitrogen and oxygen atoms in total. The van der Waals surface area contributed by atoms with E-state index in [1.807, 2.05) is 0 Å². The minimum Gasteiger partial charge on any atom is -0.474 e. The summed E-state index contributed by atoms with van der Waals surface area (Å²) < 4.78 is 18.7. The molecule has 1 aliphatic rings. The number of carbonyl (C=O) groups is 1. The van der Waals surface area contributed by atoms with Gasteiger partial charge in [-0.1, -0.05) is 12.1 Å². The van der Waals surface area contributed by atoms with Crippen LogP contribution in [0.2, 0.25) is 0 Å². The van der Waals surface area contributed by atoms with Crippen LogP contribution in [0, 0.1) is 5.82 Å². The van der Waals surface area contributed by atoms with Crippen LogP contribution < -0.4 is 15.4 Å². The number of ether oxygens (including phenoxy) is 1. The first kappa shape index (κ1) is 14.3. The van der Waals surface area contributed by atoms with Crippen molar-refractivity contribution in [3.63, 3.8) is 0 Å². The zero-order valence-electron chi connectivity index (χ0n) is 12.3. The summed E-state index contributed by atoms with van der Waals surface area (Å²) in [5.74, 6) is 0.649. The van der Waals surface area contributed by atoms with Crippen molar-refractivity contribution in [1.82, 2.24) is 4.98 Å². The van der Waals surface area contributed by atoms with Gasteiger partial charge < -0.3 is 10.5 Å². The lowest BCUT2D eigenvalue weighted by Crippen LogP contribution is -2.52. The first-order valence-corrected chi connectivity index (χ1v) is 6.89. The normalized spacial score (nSPS) is 16.1. The molecule has 0 radical (unpaired) electrons. The molecule has 0 unspecified atom stereocenters. The third-order valence-electron chi connectivity index (χ3n) is 3.50. The molecular formula is C16H16FN3O2. The number of nitrogen functional groups attached to an aromatic ring is 1. The van der Waals surface area contributed by atoms with Crippen molar-refractivity contribution in [2.45, 2.75) is 26.0 Å². The molecule has 114 valence electrons. The number of halogens is 1. The molecule has 1 aromatic carbocycles. The summed E-state index contributed by atoms with van der Waals surface area (Å²) >= 11 is 0. The monoisotopic (exact) mass is 301 g/mol. The van der Waals surface area contributed by atoms with Crippen LogP contribution in [0.4, 0.5) is 16.0 Å². The molecule has 0 saturated carbocycles. The Morgan fingerprint density at radius 3 is 2.59 bits per heavy atom. The van der Waals surface area contributed by atoms with Crippen molar-refractivity contribution in [2.75, 3.05) is 10.6 Å². The molecule has 0 saturated heterocycles. The van der Waals surface area contributed by atoms with Crippen LogP contribution in [0.5, 0.6) is 5.75 Å². The van der Waals surface area contributed by atoms with E-state index in [9.17, 15) is 9.18 Å². The van der Waals surface area contributed by atoms with Crippen LogP contribution >= 0.6 is 0 Å². The van der Waals surface area contributed by atoms with E-state index in [2.05, 4.69) is 4.98 Å². The van der Waals surface area contributed by atoms with Gasteiger partial charge in [0.05, 0.1) is 6.54 Å². The van der Waals surface area contributed by atoms with Gasteiger partial charge in [0.1, 0.15) is 11.6 Å². The summed E-state index contributed by atoms with van der Waals surface area (Å²) in [5, 5.41) is 0. The largest absolute Gasteiger partial charge is 0.474 e. The molecule has 0 fully saturated rings. The van der Waals surface area contributed by atoms with Gasteiger partial charge in [0.2, 0.25) is 0 Å². The first-order chi connectivity index (χ1) is 10.4. The van der Waals surface area contributed by atoms with E-state index in [0.717, 1.165) is 5.56 Å². The molecule has 0 atom stereocenters. The Morgan fingerprint density at radius 1 is 1.23 bits per heavy atom. The number of hydrogen-bond acceptors (Lipinski definition) is 4. The number of hydrogen-bond donors (Lipinski definition) is 1. The fourth-order valence-corrected chi connectivity index (χ4v) is 2.38. The minimum absolute atomic E-state index is 0.220. The highest BCUT2D eigenvalue weighted by Gasteiger charge is 2.41. The highest BCUT2D eigenvalue weighted by Crippen LogP contribution is 2.37. The van der Waals surface area contributed by atoms with E-state index in [-0.39, 0.29) is 18.3 Å². The lowest BCUT2D eigenvalue weighted by atomic mass is 10.0. The number of carbonyl (C=O) groups excluding carboxylic acids is 1. The standard InChI is InChI=1S/C16H16FN3O2/c1-16(2)15(21)20(9-10-3-5-11(17)6-4-10)14-12(22-16)7-8-13(18)19-14/h3-8H,9H2,1-2H3,(H2,18,19). The lowest BCUT2D eigenvalue weighted by Gasteiger charge is -2.38. The molecular weight excluding hydrogens is 285 g/mol. The van der Waals surface area contributed by atoms with Gasteiger partial charge in [0, 0.05) is 0 Å². The zero-order valence-corrected chi connectivity index (χ0v) is 12.3. The second-order valence-corrected chi connectivity index (χ2v) is 5.69. The van der Waals surface area contributed by atoms with E-state index < -0.39 is 5.60 Å². The summed E-state index contributed by atoms with van der Waals surface area (Å²) in [6, 6.07) is 9.32. The van der Waals surface area contributed by atoms with Crippen molar-refractivity contribution in [3.05, 3.63) is 47.8 Å². The molecule has 1 amide bonds. The topological polar surface area (TPSA) is 68.5 Å². The van der Waals surface area contributed by atoms with Crippen molar-refractivity contribution < 1.29 is 13.9 Å². The lowest BCUT2D eigenvalue weighted by molar-refractivity contribution is -0.132. The average molecular weight is 301 g/mol. The maximum absolute atomic E-state index is 13.0. The van der Waals surface area contributed by atoms with Gasteiger partial charge in [-0.05, 0) is 43.7 Å². The SMILES string of the molecule is CC1(C)Oc2ccc(N)nc2N(Cc2ccc(F)cc2)C1=O. The predicted octanol–water partition coefficient (Wildman–Crippen LogP) is 2.51. The van der Waals surface area contributed by atoms with Gasteiger partial charge >= 0.3 is 0 Å². The molecule has 22 heavy (non-hydrogen) atoms. The second kappa shape index (κ2) is 4.98. The predicted molar refractivity (Wildman–Crippen MR) is 80.9 cm³/mol. The molecule has 0 spiro atoms. The average Bonchev–Trinajstić information content (AvgIpc) is 2.47. The summed E-state index contributed by atoms with van der Waals surface area (Å²) in [6.45, 7) is 3.67. The van der Waals surface area contributed by atoms with Gasteiger partial charge in [0.25, 0.3) is 5.91 Å². The molecule has 0 bridgehead atoms. The Morgan fingerprint density at radius 2 is 1.91 bits per heavy atom. The van der Waals surface area contributed by atoms with Crippen molar-refractivity contribution in [2.24, 2.45) is 0 Å². The highest BCUT2D eigenvalue weighted by atomic mass is 19.1. The number of amides is 1. The number of pyridine rings is 1.